The molecule has 2 rings (SSSR count). The normalized spacial score (nSPS) is 10.3. The summed E-state index contributed by atoms with van der Waals surface area (Å²) in [6.07, 6.45) is 1.03. The van der Waals surface area contributed by atoms with Crippen molar-refractivity contribution in [1.82, 2.24) is 0 Å². The van der Waals surface area contributed by atoms with Gasteiger partial charge in [0.25, 0.3) is 0 Å². The molecule has 0 saturated heterocycles. The molecule has 0 radical (unpaired) electrons. The van der Waals surface area contributed by atoms with Gasteiger partial charge in [-0.05, 0) is 42.2 Å². The van der Waals surface area contributed by atoms with Crippen molar-refractivity contribution in [3.63, 3.8) is 0 Å². The predicted octanol–water partition coefficient (Wildman–Crippen LogP) is 2.59. The number of aromatic carboxylic acids is 1. The van der Waals surface area contributed by atoms with E-state index in [4.69, 9.17) is 4.74 Å². The highest BCUT2D eigenvalue weighted by molar-refractivity contribution is 5.93. The minimum Gasteiger partial charge on any atom is -0.508 e. The monoisotopic (exact) mass is 288 g/mol. The number of aryl methyl sites for hydroxylation is 2. The van der Waals surface area contributed by atoms with Crippen LogP contribution >= 0.6 is 0 Å². The molecule has 2 aromatic carbocycles. The summed E-state index contributed by atoms with van der Waals surface area (Å²) >= 11 is 0. The second kappa shape index (κ2) is 6.17. The van der Waals surface area contributed by atoms with Crippen LogP contribution in [0.25, 0.3) is 0 Å². The molecule has 2 aromatic rings. The lowest BCUT2D eigenvalue weighted by molar-refractivity contribution is 0.0692. The molecular formula is C16H16O5. The Labute approximate surface area is 122 Å². The van der Waals surface area contributed by atoms with Crippen LogP contribution in [0.5, 0.6) is 17.2 Å². The van der Waals surface area contributed by atoms with Gasteiger partial charge in [-0.2, -0.15) is 0 Å². The van der Waals surface area contributed by atoms with Gasteiger partial charge in [0, 0.05) is 6.07 Å². The molecule has 0 aliphatic rings. The first-order valence-corrected chi connectivity index (χ1v) is 6.42. The summed E-state index contributed by atoms with van der Waals surface area (Å²) in [5.74, 6) is -0.874. The van der Waals surface area contributed by atoms with Crippen LogP contribution in [0.3, 0.4) is 0 Å². The van der Waals surface area contributed by atoms with Crippen molar-refractivity contribution in [2.24, 2.45) is 0 Å². The van der Waals surface area contributed by atoms with Crippen LogP contribution in [0.1, 0.15) is 21.5 Å². The Bertz CT molecular complexity index is 646. The van der Waals surface area contributed by atoms with Crippen LogP contribution < -0.4 is 4.74 Å². The number of benzene rings is 2. The lowest BCUT2D eigenvalue weighted by Crippen LogP contribution is -2.05. The first kappa shape index (κ1) is 14.7. The molecule has 0 fully saturated rings. The molecule has 5 heteroatoms. The molecule has 5 nitrogen and oxygen atoms in total. The predicted molar refractivity (Wildman–Crippen MR) is 77.1 cm³/mol. The average Bonchev–Trinajstić information content (AvgIpc) is 2.45. The lowest BCUT2D eigenvalue weighted by atomic mass is 9.98. The van der Waals surface area contributed by atoms with Gasteiger partial charge >= 0.3 is 5.97 Å². The van der Waals surface area contributed by atoms with E-state index in [0.717, 1.165) is 5.56 Å². The van der Waals surface area contributed by atoms with Crippen LogP contribution in [0, 0.1) is 0 Å². The van der Waals surface area contributed by atoms with Crippen LogP contribution in [0.15, 0.2) is 36.4 Å². The van der Waals surface area contributed by atoms with Gasteiger partial charge in [0.1, 0.15) is 22.8 Å². The first-order chi connectivity index (χ1) is 10.0. The molecule has 0 heterocycles. The summed E-state index contributed by atoms with van der Waals surface area (Å²) in [5.41, 5.74) is 1.37. The van der Waals surface area contributed by atoms with E-state index in [2.05, 4.69) is 0 Å². The van der Waals surface area contributed by atoms with E-state index in [1.54, 1.807) is 30.3 Å². The average molecular weight is 288 g/mol. The van der Waals surface area contributed by atoms with Crippen LogP contribution in [0.4, 0.5) is 0 Å². The third kappa shape index (κ3) is 3.45. The lowest BCUT2D eigenvalue weighted by Gasteiger charge is -2.11. The Morgan fingerprint density at radius 2 is 1.76 bits per heavy atom. The Hall–Kier alpha value is -2.69. The standard InChI is InChI=1S/C16H16O5/c1-21-13-8-11(15(16(19)20)14(18)9-13)5-2-10-3-6-12(17)7-4-10/h3-4,6-9,17-18H,2,5H2,1H3,(H,19,20). The number of carboxylic acid groups (broad SMARTS) is 1. The number of carboxylic acids is 1. The van der Waals surface area contributed by atoms with Crippen molar-refractivity contribution in [1.29, 1.82) is 0 Å². The van der Waals surface area contributed by atoms with Crippen LogP contribution in [-0.2, 0) is 12.8 Å². The van der Waals surface area contributed by atoms with Crippen LogP contribution in [-0.4, -0.2) is 28.4 Å². The molecule has 3 N–H and O–H groups in total. The highest BCUT2D eigenvalue weighted by atomic mass is 16.5. The Morgan fingerprint density at radius 1 is 1.10 bits per heavy atom. The summed E-state index contributed by atoms with van der Waals surface area (Å²) in [6, 6.07) is 9.61. The third-order valence-electron chi connectivity index (χ3n) is 3.24. The number of hydrogen-bond acceptors (Lipinski definition) is 4. The van der Waals surface area contributed by atoms with Crippen molar-refractivity contribution in [3.8, 4) is 17.2 Å². The fourth-order valence-electron chi connectivity index (χ4n) is 2.16. The molecule has 110 valence electrons. The topological polar surface area (TPSA) is 87.0 Å². The van der Waals surface area contributed by atoms with Crippen molar-refractivity contribution in [2.75, 3.05) is 7.11 Å². The van der Waals surface area contributed by atoms with E-state index in [-0.39, 0.29) is 17.1 Å². The highest BCUT2D eigenvalue weighted by Crippen LogP contribution is 2.29. The molecule has 0 aromatic heterocycles. The van der Waals surface area contributed by atoms with Crippen molar-refractivity contribution in [2.45, 2.75) is 12.8 Å². The first-order valence-electron chi connectivity index (χ1n) is 6.42. The maximum Gasteiger partial charge on any atom is 0.339 e. The van der Waals surface area contributed by atoms with E-state index < -0.39 is 5.97 Å². The minimum atomic E-state index is -1.17. The molecular weight excluding hydrogens is 272 g/mol. The maximum atomic E-state index is 11.3. The molecule has 0 bridgehead atoms. The zero-order valence-electron chi connectivity index (χ0n) is 11.5. The Morgan fingerprint density at radius 3 is 2.33 bits per heavy atom. The number of rotatable bonds is 5. The fraction of sp³-hybridized carbons (Fsp3) is 0.188. The van der Waals surface area contributed by atoms with E-state index >= 15 is 0 Å². The summed E-state index contributed by atoms with van der Waals surface area (Å²) < 4.78 is 5.05. The van der Waals surface area contributed by atoms with Gasteiger partial charge in [-0.15, -0.1) is 0 Å². The summed E-state index contributed by atoms with van der Waals surface area (Å²) in [5, 5.41) is 28.3. The number of hydrogen-bond donors (Lipinski definition) is 3. The zero-order chi connectivity index (χ0) is 15.4. The van der Waals surface area contributed by atoms with Crippen LogP contribution in [0.2, 0.25) is 0 Å². The highest BCUT2D eigenvalue weighted by Gasteiger charge is 2.17. The molecule has 0 atom stereocenters. The zero-order valence-corrected chi connectivity index (χ0v) is 11.5. The van der Waals surface area contributed by atoms with E-state index in [1.807, 2.05) is 0 Å². The van der Waals surface area contributed by atoms with Gasteiger partial charge < -0.3 is 20.1 Å². The number of aromatic hydroxyl groups is 2. The van der Waals surface area contributed by atoms with E-state index in [9.17, 15) is 20.1 Å². The number of methoxy groups -OCH3 is 1. The fourth-order valence-corrected chi connectivity index (χ4v) is 2.16. The van der Waals surface area contributed by atoms with E-state index in [0.29, 0.717) is 24.2 Å². The summed E-state index contributed by atoms with van der Waals surface area (Å²) in [6.45, 7) is 0. The number of carbonyl (C=O) groups is 1. The van der Waals surface area contributed by atoms with Gasteiger partial charge in [-0.3, -0.25) is 0 Å². The molecule has 0 aliphatic carbocycles. The molecule has 0 spiro atoms. The van der Waals surface area contributed by atoms with Gasteiger partial charge in [0.15, 0.2) is 0 Å². The number of phenols is 2. The van der Waals surface area contributed by atoms with Crippen molar-refractivity contribution in [3.05, 3.63) is 53.1 Å². The summed E-state index contributed by atoms with van der Waals surface area (Å²) in [7, 11) is 1.46. The Kier molecular flexibility index (Phi) is 4.33. The second-order valence-corrected chi connectivity index (χ2v) is 4.65. The van der Waals surface area contributed by atoms with E-state index in [1.165, 1.54) is 13.2 Å². The summed E-state index contributed by atoms with van der Waals surface area (Å²) in [4.78, 5) is 11.3. The van der Waals surface area contributed by atoms with Gasteiger partial charge in [0.2, 0.25) is 0 Å². The van der Waals surface area contributed by atoms with Gasteiger partial charge in [0.05, 0.1) is 7.11 Å². The quantitative estimate of drug-likeness (QED) is 0.787. The number of ether oxygens (including phenoxy) is 1. The third-order valence-corrected chi connectivity index (χ3v) is 3.24. The smallest absolute Gasteiger partial charge is 0.339 e. The van der Waals surface area contributed by atoms with Gasteiger partial charge in [-0.1, -0.05) is 12.1 Å². The minimum absolute atomic E-state index is 0.102. The molecule has 21 heavy (non-hydrogen) atoms. The molecule has 0 aliphatic heterocycles. The maximum absolute atomic E-state index is 11.3. The molecule has 0 amide bonds. The number of phenolic OH excluding ortho intramolecular Hbond substituents is 1. The van der Waals surface area contributed by atoms with Gasteiger partial charge in [-0.25, -0.2) is 4.79 Å². The van der Waals surface area contributed by atoms with Crippen molar-refractivity contribution < 1.29 is 24.9 Å². The largest absolute Gasteiger partial charge is 0.508 e. The molecule has 0 unspecified atom stereocenters. The Balaban J connectivity index is 2.27. The molecule has 0 saturated carbocycles. The second-order valence-electron chi connectivity index (χ2n) is 4.65. The van der Waals surface area contributed by atoms with Crippen molar-refractivity contribution >= 4 is 5.97 Å². The SMILES string of the molecule is COc1cc(O)c(C(=O)O)c(CCc2ccc(O)cc2)c1.